The summed E-state index contributed by atoms with van der Waals surface area (Å²) in [5.41, 5.74) is 3.32. The van der Waals surface area contributed by atoms with Crippen LogP contribution in [0.4, 0.5) is 15.9 Å². The van der Waals surface area contributed by atoms with Crippen LogP contribution in [0.5, 0.6) is 0 Å². The molecule has 0 radical (unpaired) electrons. The predicted molar refractivity (Wildman–Crippen MR) is 119 cm³/mol. The minimum absolute atomic E-state index is 0.0141. The Morgan fingerprint density at radius 2 is 1.84 bits per heavy atom. The van der Waals surface area contributed by atoms with Gasteiger partial charge in [0, 0.05) is 24.8 Å². The lowest BCUT2D eigenvalue weighted by Gasteiger charge is -2.33. The van der Waals surface area contributed by atoms with Crippen LogP contribution in [0.3, 0.4) is 0 Å². The molecule has 1 aliphatic heterocycles. The summed E-state index contributed by atoms with van der Waals surface area (Å²) in [5, 5.41) is 7.50. The average molecular weight is 420 g/mol. The van der Waals surface area contributed by atoms with Crippen molar-refractivity contribution in [1.29, 1.82) is 0 Å². The fourth-order valence-corrected chi connectivity index (χ4v) is 3.80. The first-order valence-electron chi connectivity index (χ1n) is 10.4. The van der Waals surface area contributed by atoms with E-state index in [1.165, 1.54) is 40.6 Å². The lowest BCUT2D eigenvalue weighted by atomic mass is 9.97. The normalized spacial score (nSPS) is 16.2. The fraction of sp³-hybridized carbons (Fsp3) is 0.292. The molecule has 0 saturated carbocycles. The number of anilines is 2. The monoisotopic (exact) mass is 420 g/mol. The van der Waals surface area contributed by atoms with Gasteiger partial charge < -0.3 is 10.2 Å². The number of hydrogen-bond donors (Lipinski definition) is 1. The molecule has 2 aromatic carbocycles. The Bertz CT molecular complexity index is 1160. The average Bonchev–Trinajstić information content (AvgIpc) is 2.77. The highest BCUT2D eigenvalue weighted by atomic mass is 19.1. The summed E-state index contributed by atoms with van der Waals surface area (Å²) in [4.78, 5) is 27.2. The van der Waals surface area contributed by atoms with Gasteiger partial charge in [-0.05, 0) is 80.3 Å². The van der Waals surface area contributed by atoms with Crippen LogP contribution in [-0.4, -0.2) is 28.8 Å². The van der Waals surface area contributed by atoms with Crippen LogP contribution in [0, 0.1) is 25.6 Å². The Morgan fingerprint density at radius 1 is 1.06 bits per heavy atom. The van der Waals surface area contributed by atoms with Crippen LogP contribution in [0.1, 0.15) is 24.0 Å². The summed E-state index contributed by atoms with van der Waals surface area (Å²) in [7, 11) is 0. The lowest BCUT2D eigenvalue weighted by molar-refractivity contribution is -0.120. The minimum atomic E-state index is -0.374. The highest BCUT2D eigenvalue weighted by molar-refractivity contribution is 5.93. The molecular formula is C24H25FN4O2. The quantitative estimate of drug-likeness (QED) is 0.696. The molecule has 0 spiro atoms. The van der Waals surface area contributed by atoms with Crippen molar-refractivity contribution < 1.29 is 9.18 Å². The molecular weight excluding hydrogens is 395 g/mol. The summed E-state index contributed by atoms with van der Waals surface area (Å²) < 4.78 is 14.5. The molecule has 1 atom stereocenters. The molecule has 1 fully saturated rings. The first kappa shape index (κ1) is 20.8. The molecule has 1 N–H and O–H groups in total. The van der Waals surface area contributed by atoms with Gasteiger partial charge in [0.05, 0.1) is 11.6 Å². The van der Waals surface area contributed by atoms with E-state index < -0.39 is 0 Å². The van der Waals surface area contributed by atoms with Gasteiger partial charge in [-0.2, -0.15) is 4.68 Å². The van der Waals surface area contributed by atoms with Crippen molar-refractivity contribution in [3.05, 3.63) is 81.9 Å². The molecule has 1 aliphatic rings. The van der Waals surface area contributed by atoms with E-state index >= 15 is 0 Å². The van der Waals surface area contributed by atoms with Crippen LogP contribution in [0.2, 0.25) is 0 Å². The predicted octanol–water partition coefficient (Wildman–Crippen LogP) is 3.84. The van der Waals surface area contributed by atoms with Crippen LogP contribution < -0.4 is 15.8 Å². The van der Waals surface area contributed by atoms with Gasteiger partial charge in [0.2, 0.25) is 5.91 Å². The fourth-order valence-electron chi connectivity index (χ4n) is 3.80. The maximum absolute atomic E-state index is 13.2. The Kier molecular flexibility index (Phi) is 5.84. The largest absolute Gasteiger partial charge is 0.354 e. The van der Waals surface area contributed by atoms with E-state index in [9.17, 15) is 14.0 Å². The topological polar surface area (TPSA) is 67.2 Å². The molecule has 1 saturated heterocycles. The number of aryl methyl sites for hydroxylation is 2. The zero-order valence-corrected chi connectivity index (χ0v) is 17.6. The minimum Gasteiger partial charge on any atom is -0.354 e. The Morgan fingerprint density at radius 3 is 2.58 bits per heavy atom. The molecule has 4 rings (SSSR count). The molecule has 6 nitrogen and oxygen atoms in total. The SMILES string of the molecule is Cc1ccc(NC(=O)[C@H]2CCCN(c3ccc(=O)n(-c4ccc(F)cc4)n3)C2)cc1C. The Hall–Kier alpha value is -3.48. The van der Waals surface area contributed by atoms with Crippen LogP contribution in [0.15, 0.2) is 59.4 Å². The molecule has 0 bridgehead atoms. The Labute approximate surface area is 180 Å². The zero-order chi connectivity index (χ0) is 22.0. The van der Waals surface area contributed by atoms with Gasteiger partial charge in [0.25, 0.3) is 5.56 Å². The van der Waals surface area contributed by atoms with Crippen molar-refractivity contribution in [3.63, 3.8) is 0 Å². The molecule has 0 unspecified atom stereocenters. The smallest absolute Gasteiger partial charge is 0.271 e. The first-order valence-corrected chi connectivity index (χ1v) is 10.4. The number of amides is 1. The number of nitrogens with one attached hydrogen (secondary N) is 1. The number of carbonyl (C=O) groups excluding carboxylic acids is 1. The maximum atomic E-state index is 13.2. The Balaban J connectivity index is 1.51. The van der Waals surface area contributed by atoms with Crippen molar-refractivity contribution in [3.8, 4) is 5.69 Å². The zero-order valence-electron chi connectivity index (χ0n) is 17.6. The van der Waals surface area contributed by atoms with Gasteiger partial charge in [-0.25, -0.2) is 4.39 Å². The van der Waals surface area contributed by atoms with Gasteiger partial charge in [-0.15, -0.1) is 5.10 Å². The second-order valence-corrected chi connectivity index (χ2v) is 7.99. The third-order valence-electron chi connectivity index (χ3n) is 5.75. The third-order valence-corrected chi connectivity index (χ3v) is 5.75. The number of rotatable bonds is 4. The highest BCUT2D eigenvalue weighted by Gasteiger charge is 2.27. The highest BCUT2D eigenvalue weighted by Crippen LogP contribution is 2.23. The second-order valence-electron chi connectivity index (χ2n) is 7.99. The molecule has 3 aromatic rings. The van der Waals surface area contributed by atoms with Crippen LogP contribution in [-0.2, 0) is 4.79 Å². The third kappa shape index (κ3) is 4.66. The van der Waals surface area contributed by atoms with E-state index in [1.54, 1.807) is 6.07 Å². The molecule has 0 aliphatic carbocycles. The number of piperidine rings is 1. The molecule has 31 heavy (non-hydrogen) atoms. The number of hydrogen-bond acceptors (Lipinski definition) is 4. The summed E-state index contributed by atoms with van der Waals surface area (Å²) in [6.07, 6.45) is 1.65. The van der Waals surface area contributed by atoms with Gasteiger partial charge in [0.1, 0.15) is 11.6 Å². The molecule has 1 amide bonds. The molecule has 2 heterocycles. The molecule has 7 heteroatoms. The van der Waals surface area contributed by atoms with E-state index in [-0.39, 0.29) is 23.2 Å². The van der Waals surface area contributed by atoms with Crippen LogP contribution in [0.25, 0.3) is 5.69 Å². The van der Waals surface area contributed by atoms with Gasteiger partial charge >= 0.3 is 0 Å². The summed E-state index contributed by atoms with van der Waals surface area (Å²) >= 11 is 0. The van der Waals surface area contributed by atoms with Crippen molar-refractivity contribution in [2.45, 2.75) is 26.7 Å². The summed E-state index contributed by atoms with van der Waals surface area (Å²) in [5.74, 6) is 0.0531. The number of aromatic nitrogens is 2. The van der Waals surface area contributed by atoms with E-state index in [0.29, 0.717) is 18.1 Å². The van der Waals surface area contributed by atoms with Crippen molar-refractivity contribution >= 4 is 17.4 Å². The number of carbonyl (C=O) groups is 1. The second kappa shape index (κ2) is 8.71. The van der Waals surface area contributed by atoms with E-state index in [1.807, 2.05) is 36.9 Å². The van der Waals surface area contributed by atoms with Crippen molar-refractivity contribution in [2.24, 2.45) is 5.92 Å². The number of benzene rings is 2. The van der Waals surface area contributed by atoms with E-state index in [0.717, 1.165) is 30.6 Å². The lowest BCUT2D eigenvalue weighted by Crippen LogP contribution is -2.41. The van der Waals surface area contributed by atoms with Crippen LogP contribution >= 0.6 is 0 Å². The standard InChI is InChI=1S/C24H25FN4O2/c1-16-5-8-20(14-17(16)2)26-24(31)18-4-3-13-28(15-18)22-11-12-23(30)29(27-22)21-9-6-19(25)7-10-21/h5-12,14,18H,3-4,13,15H2,1-2H3,(H,26,31)/t18-/m0/s1. The van der Waals surface area contributed by atoms with Crippen molar-refractivity contribution in [2.75, 3.05) is 23.3 Å². The maximum Gasteiger partial charge on any atom is 0.271 e. The molecule has 1 aromatic heterocycles. The van der Waals surface area contributed by atoms with Gasteiger partial charge in [-0.3, -0.25) is 9.59 Å². The summed E-state index contributed by atoms with van der Waals surface area (Å²) in [6.45, 7) is 5.33. The van der Waals surface area contributed by atoms with E-state index in [2.05, 4.69) is 10.4 Å². The van der Waals surface area contributed by atoms with Gasteiger partial charge in [-0.1, -0.05) is 6.07 Å². The van der Waals surface area contributed by atoms with Gasteiger partial charge in [0.15, 0.2) is 0 Å². The molecule has 160 valence electrons. The summed E-state index contributed by atoms with van der Waals surface area (Å²) in [6, 6.07) is 14.6. The van der Waals surface area contributed by atoms with Crippen molar-refractivity contribution in [1.82, 2.24) is 9.78 Å². The number of halogens is 1. The first-order chi connectivity index (χ1) is 14.9. The number of nitrogens with zero attached hydrogens (tertiary/aromatic N) is 3. The van der Waals surface area contributed by atoms with E-state index in [4.69, 9.17) is 0 Å².